The molecule has 0 bridgehead atoms. The molecule has 0 fully saturated rings. The van der Waals surface area contributed by atoms with Crippen LogP contribution in [0.25, 0.3) is 5.57 Å². The van der Waals surface area contributed by atoms with Crippen LogP contribution in [-0.2, 0) is 0 Å². The Morgan fingerprint density at radius 1 is 0.885 bits per heavy atom. The van der Waals surface area contributed by atoms with Crippen LogP contribution in [0.1, 0.15) is 17.0 Å². The van der Waals surface area contributed by atoms with E-state index in [0.717, 1.165) is 17.7 Å². The normalized spacial score (nSPS) is 18.7. The Morgan fingerprint density at radius 3 is 2.19 bits per heavy atom. The van der Waals surface area contributed by atoms with Crippen LogP contribution in [0.5, 0.6) is 0 Å². The zero-order chi connectivity index (χ0) is 17.9. The molecule has 0 spiro atoms. The number of anilines is 2. The van der Waals surface area contributed by atoms with Gasteiger partial charge < -0.3 is 4.90 Å². The highest BCUT2D eigenvalue weighted by molar-refractivity contribution is 5.75. The van der Waals surface area contributed by atoms with Gasteiger partial charge in [0, 0.05) is 23.8 Å². The highest BCUT2D eigenvalue weighted by atomic mass is 15.1. The molecule has 1 aliphatic rings. The lowest BCUT2D eigenvalue weighted by molar-refractivity contribution is 0.590. The molecule has 0 radical (unpaired) electrons. The van der Waals surface area contributed by atoms with Crippen LogP contribution in [0, 0.1) is 18.3 Å². The lowest BCUT2D eigenvalue weighted by Crippen LogP contribution is -2.35. The second kappa shape index (κ2) is 6.94. The molecule has 126 valence electrons. The molecule has 4 rings (SSSR count). The highest BCUT2D eigenvalue weighted by Crippen LogP contribution is 2.45. The average Bonchev–Trinajstić information content (AvgIpc) is 2.73. The summed E-state index contributed by atoms with van der Waals surface area (Å²) in [5.41, 5.74) is 5.83. The second-order valence-corrected chi connectivity index (χ2v) is 6.65. The molecule has 1 heterocycles. The zero-order valence-electron chi connectivity index (χ0n) is 14.7. The third kappa shape index (κ3) is 2.80. The van der Waals surface area contributed by atoms with Gasteiger partial charge in [0.05, 0.1) is 5.92 Å². The van der Waals surface area contributed by atoms with Crippen LogP contribution < -0.4 is 4.90 Å². The Hall–Kier alpha value is -3.24. The number of rotatable bonds is 3. The van der Waals surface area contributed by atoms with Crippen molar-refractivity contribution in [3.63, 3.8) is 0 Å². The van der Waals surface area contributed by atoms with Gasteiger partial charge in [0.2, 0.25) is 0 Å². The van der Waals surface area contributed by atoms with Crippen molar-refractivity contribution >= 4 is 16.9 Å². The van der Waals surface area contributed by atoms with Crippen molar-refractivity contribution in [2.24, 2.45) is 5.92 Å². The lowest BCUT2D eigenvalue weighted by atomic mass is 9.76. The van der Waals surface area contributed by atoms with Gasteiger partial charge in [0.25, 0.3) is 0 Å². The van der Waals surface area contributed by atoms with E-state index < -0.39 is 0 Å². The first-order valence-electron chi connectivity index (χ1n) is 8.91. The summed E-state index contributed by atoms with van der Waals surface area (Å²) in [6, 6.07) is 29.3. The Morgan fingerprint density at radius 2 is 1.50 bits per heavy atom. The molecule has 0 saturated carbocycles. The standard InChI is InChI=1S/C25H21N/c1-3-22-23-16-10-11-17-25(23)26(21-14-8-5-9-15-21)18-24(22)19(2)20-12-6-4-7-13-20/h1,4-17,22,24H,2,18H2/t22-,24-/m1/s1. The number of terminal acetylenes is 1. The molecule has 1 heteroatoms. The largest absolute Gasteiger partial charge is 0.341 e. The Bertz CT molecular complexity index is 950. The molecule has 26 heavy (non-hydrogen) atoms. The third-order valence-electron chi connectivity index (χ3n) is 5.18. The molecule has 2 atom stereocenters. The maximum absolute atomic E-state index is 6.00. The van der Waals surface area contributed by atoms with Crippen LogP contribution in [0.15, 0.2) is 91.5 Å². The molecule has 3 aromatic carbocycles. The number of benzene rings is 3. The Labute approximate surface area is 155 Å². The van der Waals surface area contributed by atoms with E-state index in [2.05, 4.69) is 90.2 Å². The molecule has 0 unspecified atom stereocenters. The lowest BCUT2D eigenvalue weighted by Gasteiger charge is -2.40. The summed E-state index contributed by atoms with van der Waals surface area (Å²) in [4.78, 5) is 2.36. The van der Waals surface area contributed by atoms with Crippen molar-refractivity contribution < 1.29 is 0 Å². The highest BCUT2D eigenvalue weighted by Gasteiger charge is 2.34. The molecule has 0 saturated heterocycles. The minimum atomic E-state index is 0.0267. The predicted octanol–water partition coefficient (Wildman–Crippen LogP) is 5.88. The summed E-state index contributed by atoms with van der Waals surface area (Å²) < 4.78 is 0. The molecular weight excluding hydrogens is 314 g/mol. The quantitative estimate of drug-likeness (QED) is 0.540. The van der Waals surface area contributed by atoms with E-state index in [0.29, 0.717) is 0 Å². The number of hydrogen-bond acceptors (Lipinski definition) is 1. The third-order valence-corrected chi connectivity index (χ3v) is 5.18. The first kappa shape index (κ1) is 16.2. The van der Waals surface area contributed by atoms with E-state index in [1.807, 2.05) is 12.1 Å². The van der Waals surface area contributed by atoms with Crippen molar-refractivity contribution in [3.05, 3.63) is 103 Å². The topological polar surface area (TPSA) is 3.24 Å². The van der Waals surface area contributed by atoms with Gasteiger partial charge in [-0.15, -0.1) is 6.42 Å². The Balaban J connectivity index is 1.81. The van der Waals surface area contributed by atoms with E-state index in [1.165, 1.54) is 16.9 Å². The summed E-state index contributed by atoms with van der Waals surface area (Å²) in [6.45, 7) is 5.25. The number of para-hydroxylation sites is 2. The minimum Gasteiger partial charge on any atom is -0.341 e. The van der Waals surface area contributed by atoms with Crippen molar-refractivity contribution in [2.45, 2.75) is 5.92 Å². The maximum atomic E-state index is 6.00. The first-order valence-corrected chi connectivity index (χ1v) is 8.91. The molecule has 3 aromatic rings. The van der Waals surface area contributed by atoms with Crippen molar-refractivity contribution in [1.29, 1.82) is 0 Å². The van der Waals surface area contributed by atoms with Crippen molar-refractivity contribution in [3.8, 4) is 12.3 Å². The van der Waals surface area contributed by atoms with E-state index in [1.54, 1.807) is 0 Å². The van der Waals surface area contributed by atoms with Crippen molar-refractivity contribution in [1.82, 2.24) is 0 Å². The summed E-state index contributed by atoms with van der Waals surface area (Å²) in [6.07, 6.45) is 6.00. The van der Waals surface area contributed by atoms with Gasteiger partial charge in [-0.3, -0.25) is 0 Å². The average molecular weight is 335 g/mol. The molecule has 0 amide bonds. The first-order chi connectivity index (χ1) is 12.8. The Kier molecular flexibility index (Phi) is 4.33. The van der Waals surface area contributed by atoms with Gasteiger partial charge in [-0.25, -0.2) is 0 Å². The van der Waals surface area contributed by atoms with Crippen LogP contribution >= 0.6 is 0 Å². The van der Waals surface area contributed by atoms with Gasteiger partial charge in [0.15, 0.2) is 0 Å². The molecule has 0 aliphatic carbocycles. The van der Waals surface area contributed by atoms with Gasteiger partial charge in [-0.1, -0.05) is 79.2 Å². The van der Waals surface area contributed by atoms with Crippen LogP contribution in [0.3, 0.4) is 0 Å². The predicted molar refractivity (Wildman–Crippen MR) is 110 cm³/mol. The molecule has 0 N–H and O–H groups in total. The molecule has 1 aliphatic heterocycles. The molecular formula is C25H21N. The number of hydrogen-bond donors (Lipinski definition) is 0. The van der Waals surface area contributed by atoms with Crippen LogP contribution in [0.2, 0.25) is 0 Å². The monoisotopic (exact) mass is 335 g/mol. The fraction of sp³-hybridized carbons (Fsp3) is 0.120. The van der Waals surface area contributed by atoms with Gasteiger partial charge in [-0.05, 0) is 34.9 Å². The van der Waals surface area contributed by atoms with E-state index in [9.17, 15) is 0 Å². The van der Waals surface area contributed by atoms with E-state index in [4.69, 9.17) is 6.42 Å². The fourth-order valence-electron chi connectivity index (χ4n) is 3.85. The number of nitrogens with zero attached hydrogens (tertiary/aromatic N) is 1. The minimum absolute atomic E-state index is 0.0267. The van der Waals surface area contributed by atoms with Crippen molar-refractivity contribution in [2.75, 3.05) is 11.4 Å². The second-order valence-electron chi connectivity index (χ2n) is 6.65. The van der Waals surface area contributed by atoms with E-state index in [-0.39, 0.29) is 11.8 Å². The van der Waals surface area contributed by atoms with Crippen LogP contribution in [-0.4, -0.2) is 6.54 Å². The van der Waals surface area contributed by atoms with E-state index >= 15 is 0 Å². The molecule has 0 aromatic heterocycles. The maximum Gasteiger partial charge on any atom is 0.0555 e. The summed E-state index contributed by atoms with van der Waals surface area (Å²) >= 11 is 0. The SMILES string of the molecule is C#C[C@@H]1c2ccccc2N(c2ccccc2)C[C@@H]1C(=C)c1ccccc1. The summed E-state index contributed by atoms with van der Waals surface area (Å²) in [5.74, 6) is 3.24. The summed E-state index contributed by atoms with van der Waals surface area (Å²) in [5, 5.41) is 0. The summed E-state index contributed by atoms with van der Waals surface area (Å²) in [7, 11) is 0. The van der Waals surface area contributed by atoms with Gasteiger partial charge >= 0.3 is 0 Å². The smallest absolute Gasteiger partial charge is 0.0555 e. The van der Waals surface area contributed by atoms with Gasteiger partial charge in [-0.2, -0.15) is 0 Å². The number of fused-ring (bicyclic) bond motifs is 1. The van der Waals surface area contributed by atoms with Crippen LogP contribution in [0.4, 0.5) is 11.4 Å². The molecule has 1 nitrogen and oxygen atoms in total. The zero-order valence-corrected chi connectivity index (χ0v) is 14.7. The fourth-order valence-corrected chi connectivity index (χ4v) is 3.85. The van der Waals surface area contributed by atoms with Gasteiger partial charge in [0.1, 0.15) is 0 Å².